The molecule has 1 saturated heterocycles. The van der Waals surface area contributed by atoms with Gasteiger partial charge in [-0.2, -0.15) is 0 Å². The SMILES string of the molecule is CC1(Nc2c(N)ccc(F)c2F)CCS(=O)(=O)C1. The van der Waals surface area contributed by atoms with Crippen LogP contribution in [0.3, 0.4) is 0 Å². The molecule has 0 saturated carbocycles. The van der Waals surface area contributed by atoms with Crippen LogP contribution >= 0.6 is 0 Å². The maximum Gasteiger partial charge on any atom is 0.183 e. The molecule has 1 fully saturated rings. The number of hydrogen-bond acceptors (Lipinski definition) is 4. The van der Waals surface area contributed by atoms with Crippen LogP contribution < -0.4 is 11.1 Å². The lowest BCUT2D eigenvalue weighted by molar-refractivity contribution is 0.503. The summed E-state index contributed by atoms with van der Waals surface area (Å²) in [6, 6.07) is 2.18. The number of rotatable bonds is 2. The van der Waals surface area contributed by atoms with Crippen LogP contribution in [0, 0.1) is 11.6 Å². The maximum absolute atomic E-state index is 13.6. The van der Waals surface area contributed by atoms with E-state index in [0.29, 0.717) is 6.42 Å². The van der Waals surface area contributed by atoms with Gasteiger partial charge in [-0.15, -0.1) is 0 Å². The Morgan fingerprint density at radius 3 is 2.61 bits per heavy atom. The number of hydrogen-bond donors (Lipinski definition) is 2. The monoisotopic (exact) mass is 276 g/mol. The summed E-state index contributed by atoms with van der Waals surface area (Å²) >= 11 is 0. The maximum atomic E-state index is 13.6. The average molecular weight is 276 g/mol. The van der Waals surface area contributed by atoms with Gasteiger partial charge in [-0.25, -0.2) is 17.2 Å². The topological polar surface area (TPSA) is 72.2 Å². The first kappa shape index (κ1) is 13.1. The smallest absolute Gasteiger partial charge is 0.183 e. The molecule has 1 aromatic carbocycles. The van der Waals surface area contributed by atoms with Crippen LogP contribution in [0.25, 0.3) is 0 Å². The minimum Gasteiger partial charge on any atom is -0.397 e. The Morgan fingerprint density at radius 2 is 2.06 bits per heavy atom. The van der Waals surface area contributed by atoms with Gasteiger partial charge in [0.1, 0.15) is 0 Å². The number of nitrogens with two attached hydrogens (primary N) is 1. The molecule has 0 amide bonds. The Kier molecular flexibility index (Phi) is 2.96. The van der Waals surface area contributed by atoms with Gasteiger partial charge < -0.3 is 11.1 Å². The van der Waals surface area contributed by atoms with Crippen LogP contribution in [0.4, 0.5) is 20.2 Å². The molecule has 1 unspecified atom stereocenters. The summed E-state index contributed by atoms with van der Waals surface area (Å²) in [6.07, 6.45) is 0.338. The molecule has 4 nitrogen and oxygen atoms in total. The van der Waals surface area contributed by atoms with Crippen molar-refractivity contribution in [2.24, 2.45) is 0 Å². The summed E-state index contributed by atoms with van der Waals surface area (Å²) in [5, 5.41) is 2.73. The van der Waals surface area contributed by atoms with E-state index in [2.05, 4.69) is 5.32 Å². The molecule has 18 heavy (non-hydrogen) atoms. The zero-order valence-electron chi connectivity index (χ0n) is 9.83. The number of nitrogens with one attached hydrogen (secondary N) is 1. The third-order valence-electron chi connectivity index (χ3n) is 3.06. The number of benzene rings is 1. The lowest BCUT2D eigenvalue weighted by atomic mass is 10.0. The number of sulfone groups is 1. The van der Waals surface area contributed by atoms with Crippen LogP contribution in [0.5, 0.6) is 0 Å². The normalized spacial score (nSPS) is 26.2. The van der Waals surface area contributed by atoms with Crippen molar-refractivity contribution in [1.82, 2.24) is 0 Å². The zero-order valence-corrected chi connectivity index (χ0v) is 10.7. The van der Waals surface area contributed by atoms with Gasteiger partial charge in [0.15, 0.2) is 21.5 Å². The summed E-state index contributed by atoms with van der Waals surface area (Å²) in [5.41, 5.74) is 4.64. The van der Waals surface area contributed by atoms with Gasteiger partial charge in [0, 0.05) is 5.54 Å². The van der Waals surface area contributed by atoms with Crippen molar-refractivity contribution < 1.29 is 17.2 Å². The summed E-state index contributed by atoms with van der Waals surface area (Å²) in [4.78, 5) is 0. The van der Waals surface area contributed by atoms with Gasteiger partial charge in [-0.05, 0) is 25.5 Å². The van der Waals surface area contributed by atoms with Gasteiger partial charge in [0.05, 0.1) is 22.9 Å². The summed E-state index contributed by atoms with van der Waals surface area (Å²) in [7, 11) is -3.13. The van der Waals surface area contributed by atoms with E-state index in [0.717, 1.165) is 6.07 Å². The molecule has 0 aliphatic carbocycles. The van der Waals surface area contributed by atoms with Crippen molar-refractivity contribution in [1.29, 1.82) is 0 Å². The summed E-state index contributed by atoms with van der Waals surface area (Å²) < 4.78 is 49.6. The van der Waals surface area contributed by atoms with E-state index in [1.165, 1.54) is 6.07 Å². The van der Waals surface area contributed by atoms with E-state index in [1.54, 1.807) is 6.92 Å². The van der Waals surface area contributed by atoms with Crippen LogP contribution in [0.1, 0.15) is 13.3 Å². The molecule has 100 valence electrons. The van der Waals surface area contributed by atoms with E-state index in [9.17, 15) is 17.2 Å². The highest BCUT2D eigenvalue weighted by molar-refractivity contribution is 7.91. The van der Waals surface area contributed by atoms with E-state index < -0.39 is 27.0 Å². The molecule has 1 aliphatic heterocycles. The second kappa shape index (κ2) is 4.08. The molecule has 3 N–H and O–H groups in total. The van der Waals surface area contributed by atoms with Crippen molar-refractivity contribution in [3.8, 4) is 0 Å². The van der Waals surface area contributed by atoms with Crippen LogP contribution in [0.2, 0.25) is 0 Å². The second-order valence-electron chi connectivity index (χ2n) is 4.85. The number of nitrogen functional groups attached to an aromatic ring is 1. The third kappa shape index (κ3) is 2.40. The molecule has 1 heterocycles. The molecule has 0 bridgehead atoms. The molecule has 7 heteroatoms. The van der Waals surface area contributed by atoms with Crippen molar-refractivity contribution in [2.75, 3.05) is 22.6 Å². The number of halogens is 2. The standard InChI is InChI=1S/C11H14F2N2O2S/c1-11(4-5-18(16,17)6-11)15-10-8(14)3-2-7(12)9(10)13/h2-3,15H,4-6,14H2,1H3. The van der Waals surface area contributed by atoms with E-state index in [1.807, 2.05) is 0 Å². The van der Waals surface area contributed by atoms with Crippen LogP contribution in [-0.2, 0) is 9.84 Å². The summed E-state index contributed by atoms with van der Waals surface area (Å²) in [6.45, 7) is 1.65. The minimum absolute atomic E-state index is 0.0351. The molecule has 0 aromatic heterocycles. The van der Waals surface area contributed by atoms with Gasteiger partial charge in [0.2, 0.25) is 0 Å². The molecule has 2 rings (SSSR count). The highest BCUT2D eigenvalue weighted by Crippen LogP contribution is 2.32. The molecular weight excluding hydrogens is 262 g/mol. The van der Waals surface area contributed by atoms with Gasteiger partial charge >= 0.3 is 0 Å². The van der Waals surface area contributed by atoms with Crippen molar-refractivity contribution >= 4 is 21.2 Å². The highest BCUT2D eigenvalue weighted by Gasteiger charge is 2.39. The van der Waals surface area contributed by atoms with Crippen molar-refractivity contribution in [2.45, 2.75) is 18.9 Å². The summed E-state index contributed by atoms with van der Waals surface area (Å²) in [5.74, 6) is -2.18. The Balaban J connectivity index is 2.33. The third-order valence-corrected chi connectivity index (χ3v) is 4.96. The molecule has 0 spiro atoms. The van der Waals surface area contributed by atoms with Crippen molar-refractivity contribution in [3.63, 3.8) is 0 Å². The molecular formula is C11H14F2N2O2S. The number of anilines is 2. The Morgan fingerprint density at radius 1 is 1.39 bits per heavy atom. The molecule has 1 aromatic rings. The quantitative estimate of drug-likeness (QED) is 0.804. The van der Waals surface area contributed by atoms with Crippen LogP contribution in [0.15, 0.2) is 12.1 Å². The minimum atomic E-state index is -3.13. The van der Waals surface area contributed by atoms with Gasteiger partial charge in [-0.1, -0.05) is 0 Å². The molecule has 0 radical (unpaired) electrons. The Labute approximate surface area is 104 Å². The van der Waals surface area contributed by atoms with E-state index in [-0.39, 0.29) is 22.9 Å². The predicted molar refractivity (Wildman–Crippen MR) is 66.1 cm³/mol. The molecule has 1 aliphatic rings. The van der Waals surface area contributed by atoms with E-state index in [4.69, 9.17) is 5.73 Å². The first-order valence-corrected chi connectivity index (χ1v) is 7.27. The predicted octanol–water partition coefficient (Wildman–Crippen LogP) is 1.54. The molecule has 1 atom stereocenters. The van der Waals surface area contributed by atoms with Crippen molar-refractivity contribution in [3.05, 3.63) is 23.8 Å². The second-order valence-corrected chi connectivity index (χ2v) is 7.04. The van der Waals surface area contributed by atoms with E-state index >= 15 is 0 Å². The first-order valence-electron chi connectivity index (χ1n) is 5.45. The fourth-order valence-corrected chi connectivity index (χ4v) is 4.20. The lowest BCUT2D eigenvalue weighted by Gasteiger charge is -2.26. The fraction of sp³-hybridized carbons (Fsp3) is 0.455. The fourth-order valence-electron chi connectivity index (χ4n) is 2.10. The Hall–Kier alpha value is -1.37. The lowest BCUT2D eigenvalue weighted by Crippen LogP contribution is -2.36. The average Bonchev–Trinajstić information content (AvgIpc) is 2.54. The van der Waals surface area contributed by atoms with Gasteiger partial charge in [0.25, 0.3) is 0 Å². The Bertz CT molecular complexity index is 589. The zero-order chi connectivity index (χ0) is 13.6. The highest BCUT2D eigenvalue weighted by atomic mass is 32.2. The van der Waals surface area contributed by atoms with Gasteiger partial charge in [-0.3, -0.25) is 0 Å². The van der Waals surface area contributed by atoms with Crippen LogP contribution in [-0.4, -0.2) is 25.5 Å². The first-order chi connectivity index (χ1) is 8.22. The largest absolute Gasteiger partial charge is 0.397 e.